The van der Waals surface area contributed by atoms with Crippen LogP contribution in [0.15, 0.2) is 17.4 Å². The number of aromatic nitrogens is 2. The van der Waals surface area contributed by atoms with Crippen molar-refractivity contribution in [2.75, 3.05) is 13.1 Å². The van der Waals surface area contributed by atoms with Crippen LogP contribution in [-0.4, -0.2) is 49.1 Å². The van der Waals surface area contributed by atoms with Gasteiger partial charge in [0.05, 0.1) is 16.0 Å². The summed E-state index contributed by atoms with van der Waals surface area (Å²) in [6.07, 6.45) is 2.87. The van der Waals surface area contributed by atoms with Gasteiger partial charge in [-0.25, -0.2) is 14.8 Å². The topological polar surface area (TPSA) is 72.4 Å². The number of carbonyl (C=O) groups excluding carboxylic acids is 1. The fourth-order valence-corrected chi connectivity index (χ4v) is 3.67. The molecule has 0 unspecified atom stereocenters. The van der Waals surface area contributed by atoms with Crippen LogP contribution in [0.25, 0.3) is 0 Å². The standard InChI is InChI=1S/C15H23N3O3S/c1-11-7-8-16-13(17-11)22(20)12-6-5-9-18(10-12)14(19)21-15(2,3)4/h7-8,12H,5-6,9-10H2,1-4H3/t12-,22-/m1/s1. The Kier molecular flexibility index (Phi) is 5.16. The van der Waals surface area contributed by atoms with Gasteiger partial charge in [-0.15, -0.1) is 0 Å². The summed E-state index contributed by atoms with van der Waals surface area (Å²) < 4.78 is 18.0. The van der Waals surface area contributed by atoms with E-state index in [0.29, 0.717) is 18.2 Å². The third-order valence-corrected chi connectivity index (χ3v) is 4.83. The van der Waals surface area contributed by atoms with E-state index < -0.39 is 16.4 Å². The Morgan fingerprint density at radius 3 is 2.82 bits per heavy atom. The van der Waals surface area contributed by atoms with Crippen LogP contribution < -0.4 is 0 Å². The second-order valence-electron chi connectivity index (χ2n) is 6.47. The Balaban J connectivity index is 2.04. The van der Waals surface area contributed by atoms with Gasteiger partial charge in [-0.2, -0.15) is 0 Å². The molecule has 2 heterocycles. The normalized spacial score (nSPS) is 20.5. The van der Waals surface area contributed by atoms with Gasteiger partial charge in [0.2, 0.25) is 5.16 Å². The summed E-state index contributed by atoms with van der Waals surface area (Å²) in [5.74, 6) is 0. The summed E-state index contributed by atoms with van der Waals surface area (Å²) in [7, 11) is -1.31. The first-order valence-electron chi connectivity index (χ1n) is 7.44. The second kappa shape index (κ2) is 6.73. The zero-order valence-electron chi connectivity index (χ0n) is 13.5. The average Bonchev–Trinajstić information content (AvgIpc) is 2.45. The number of likely N-dealkylation sites (tertiary alicyclic amines) is 1. The van der Waals surface area contributed by atoms with Crippen molar-refractivity contribution >= 4 is 16.9 Å². The molecule has 1 aliphatic heterocycles. The molecular weight excluding hydrogens is 302 g/mol. The molecule has 0 saturated carbocycles. The van der Waals surface area contributed by atoms with E-state index in [1.54, 1.807) is 17.2 Å². The summed E-state index contributed by atoms with van der Waals surface area (Å²) in [5.41, 5.74) is 0.265. The van der Waals surface area contributed by atoms with Gasteiger partial charge in [0.25, 0.3) is 0 Å². The van der Waals surface area contributed by atoms with Gasteiger partial charge in [-0.1, -0.05) is 0 Å². The van der Waals surface area contributed by atoms with E-state index in [4.69, 9.17) is 4.74 Å². The number of carbonyl (C=O) groups is 1. The lowest BCUT2D eigenvalue weighted by Crippen LogP contribution is -2.46. The first-order valence-corrected chi connectivity index (χ1v) is 8.66. The highest BCUT2D eigenvalue weighted by molar-refractivity contribution is 7.85. The minimum atomic E-state index is -1.31. The lowest BCUT2D eigenvalue weighted by molar-refractivity contribution is 0.0219. The highest BCUT2D eigenvalue weighted by Crippen LogP contribution is 2.20. The van der Waals surface area contributed by atoms with Gasteiger partial charge >= 0.3 is 6.09 Å². The Morgan fingerprint density at radius 2 is 2.18 bits per heavy atom. The predicted molar refractivity (Wildman–Crippen MR) is 84.0 cm³/mol. The maximum atomic E-state index is 12.6. The van der Waals surface area contributed by atoms with Crippen molar-refractivity contribution in [3.63, 3.8) is 0 Å². The fraction of sp³-hybridized carbons (Fsp3) is 0.667. The van der Waals surface area contributed by atoms with Gasteiger partial charge in [0.1, 0.15) is 5.60 Å². The van der Waals surface area contributed by atoms with Crippen LogP contribution in [0.4, 0.5) is 4.79 Å². The van der Waals surface area contributed by atoms with E-state index in [1.807, 2.05) is 27.7 Å². The Morgan fingerprint density at radius 1 is 1.45 bits per heavy atom. The average molecular weight is 325 g/mol. The number of ether oxygens (including phenoxy) is 1. The van der Waals surface area contributed by atoms with Crippen LogP contribution >= 0.6 is 0 Å². The Labute approximate surface area is 133 Å². The molecule has 2 atom stereocenters. The highest BCUT2D eigenvalue weighted by atomic mass is 32.2. The fourth-order valence-electron chi connectivity index (χ4n) is 2.28. The van der Waals surface area contributed by atoms with Crippen molar-refractivity contribution in [3.05, 3.63) is 18.0 Å². The molecule has 1 aromatic heterocycles. The lowest BCUT2D eigenvalue weighted by Gasteiger charge is -2.33. The van der Waals surface area contributed by atoms with Crippen molar-refractivity contribution in [1.82, 2.24) is 14.9 Å². The van der Waals surface area contributed by atoms with E-state index >= 15 is 0 Å². The Hall–Kier alpha value is -1.50. The number of hydrogen-bond acceptors (Lipinski definition) is 5. The molecule has 0 aromatic carbocycles. The van der Waals surface area contributed by atoms with E-state index in [9.17, 15) is 9.00 Å². The number of hydrogen-bond donors (Lipinski definition) is 0. The molecule has 0 radical (unpaired) electrons. The molecule has 1 amide bonds. The lowest BCUT2D eigenvalue weighted by atomic mass is 10.1. The van der Waals surface area contributed by atoms with E-state index in [-0.39, 0.29) is 11.3 Å². The Bertz CT molecular complexity index is 571. The molecule has 1 aliphatic rings. The highest BCUT2D eigenvalue weighted by Gasteiger charge is 2.31. The maximum Gasteiger partial charge on any atom is 0.410 e. The molecule has 1 aromatic rings. The van der Waals surface area contributed by atoms with Crippen molar-refractivity contribution in [2.24, 2.45) is 0 Å². The van der Waals surface area contributed by atoms with Gasteiger partial charge < -0.3 is 9.64 Å². The third kappa shape index (κ3) is 4.50. The van der Waals surface area contributed by atoms with Crippen LogP contribution in [0.1, 0.15) is 39.3 Å². The molecule has 2 rings (SSSR count). The number of rotatable bonds is 2. The molecule has 122 valence electrons. The molecule has 0 bridgehead atoms. The molecular formula is C15H23N3O3S. The van der Waals surface area contributed by atoms with Crippen molar-refractivity contribution in [1.29, 1.82) is 0 Å². The summed E-state index contributed by atoms with van der Waals surface area (Å²) in [4.78, 5) is 22.1. The van der Waals surface area contributed by atoms with E-state index in [2.05, 4.69) is 9.97 Å². The van der Waals surface area contributed by atoms with Crippen LogP contribution in [-0.2, 0) is 15.5 Å². The van der Waals surface area contributed by atoms with Gasteiger partial charge in [0.15, 0.2) is 0 Å². The van der Waals surface area contributed by atoms with Crippen molar-refractivity contribution in [3.8, 4) is 0 Å². The first kappa shape index (κ1) is 16.9. The number of piperidine rings is 1. The number of aryl methyl sites for hydroxylation is 1. The van der Waals surface area contributed by atoms with Crippen LogP contribution in [0.3, 0.4) is 0 Å². The molecule has 22 heavy (non-hydrogen) atoms. The summed E-state index contributed by atoms with van der Waals surface area (Å²) in [5, 5.41) is 0.194. The zero-order chi connectivity index (χ0) is 16.3. The SMILES string of the molecule is Cc1ccnc([S@](=O)[C@@H]2CCCN(C(=O)OC(C)(C)C)C2)n1. The largest absolute Gasteiger partial charge is 0.444 e. The molecule has 0 N–H and O–H groups in total. The van der Waals surface area contributed by atoms with E-state index in [0.717, 1.165) is 18.5 Å². The molecule has 1 saturated heterocycles. The van der Waals surface area contributed by atoms with Crippen LogP contribution in [0.5, 0.6) is 0 Å². The monoisotopic (exact) mass is 325 g/mol. The van der Waals surface area contributed by atoms with Crippen LogP contribution in [0.2, 0.25) is 0 Å². The predicted octanol–water partition coefficient (Wildman–Crippen LogP) is 2.29. The summed E-state index contributed by atoms with van der Waals surface area (Å²) >= 11 is 0. The molecule has 7 heteroatoms. The maximum absolute atomic E-state index is 12.6. The molecule has 0 spiro atoms. The first-order chi connectivity index (χ1) is 10.3. The van der Waals surface area contributed by atoms with Gasteiger partial charge in [0, 0.05) is 25.0 Å². The quantitative estimate of drug-likeness (QED) is 0.780. The number of amides is 1. The van der Waals surface area contributed by atoms with Crippen molar-refractivity contribution < 1.29 is 13.7 Å². The smallest absolute Gasteiger partial charge is 0.410 e. The molecule has 0 aliphatic carbocycles. The summed E-state index contributed by atoms with van der Waals surface area (Å²) in [6.45, 7) is 8.41. The third-order valence-electron chi connectivity index (χ3n) is 3.29. The molecule has 6 nitrogen and oxygen atoms in total. The zero-order valence-corrected chi connectivity index (χ0v) is 14.4. The summed E-state index contributed by atoms with van der Waals surface area (Å²) in [6, 6.07) is 1.77. The number of nitrogens with zero attached hydrogens (tertiary/aromatic N) is 3. The second-order valence-corrected chi connectivity index (χ2v) is 8.10. The van der Waals surface area contributed by atoms with Crippen LogP contribution in [0, 0.1) is 6.92 Å². The molecule has 1 fully saturated rings. The van der Waals surface area contributed by atoms with Gasteiger partial charge in [-0.05, 0) is 46.6 Å². The van der Waals surface area contributed by atoms with E-state index in [1.165, 1.54) is 0 Å². The minimum Gasteiger partial charge on any atom is -0.444 e. The van der Waals surface area contributed by atoms with Gasteiger partial charge in [-0.3, -0.25) is 4.21 Å². The minimum absolute atomic E-state index is 0.150. The van der Waals surface area contributed by atoms with Crippen molar-refractivity contribution in [2.45, 2.75) is 56.5 Å².